The molecule has 27 heavy (non-hydrogen) atoms. The first-order valence-electron chi connectivity index (χ1n) is 8.91. The number of hydrogen-bond donors (Lipinski definition) is 1. The predicted molar refractivity (Wildman–Crippen MR) is 114 cm³/mol. The average Bonchev–Trinajstić information content (AvgIpc) is 3.02. The zero-order valence-corrected chi connectivity index (χ0v) is 17.9. The minimum Gasteiger partial charge on any atom is -0.306 e. The Bertz CT molecular complexity index is 982. The number of anilines is 1. The van der Waals surface area contributed by atoms with Crippen LogP contribution in [-0.2, 0) is 5.41 Å². The Morgan fingerprint density at radius 3 is 2.37 bits per heavy atom. The van der Waals surface area contributed by atoms with E-state index in [0.29, 0.717) is 11.4 Å². The molecule has 5 heteroatoms. The van der Waals surface area contributed by atoms with Gasteiger partial charge in [0, 0.05) is 21.5 Å². The Balaban J connectivity index is 2.05. The third-order valence-electron chi connectivity index (χ3n) is 4.63. The second kappa shape index (κ2) is 7.31. The topological polar surface area (TPSA) is 46.9 Å². The molecule has 4 nitrogen and oxygen atoms in total. The van der Waals surface area contributed by atoms with Gasteiger partial charge in [-0.2, -0.15) is 5.10 Å². The maximum atomic E-state index is 12.8. The number of nitrogens with zero attached hydrogens (tertiary/aromatic N) is 2. The Kier molecular flexibility index (Phi) is 5.24. The molecule has 1 N–H and O–H groups in total. The number of aryl methyl sites for hydroxylation is 1. The van der Waals surface area contributed by atoms with Crippen molar-refractivity contribution in [3.63, 3.8) is 0 Å². The molecule has 0 fully saturated rings. The van der Waals surface area contributed by atoms with Crippen LogP contribution < -0.4 is 5.32 Å². The van der Waals surface area contributed by atoms with Gasteiger partial charge in [-0.1, -0.05) is 48.8 Å². The number of benzene rings is 2. The summed E-state index contributed by atoms with van der Waals surface area (Å²) in [5, 5.41) is 7.84. The number of hydrogen-bond acceptors (Lipinski definition) is 2. The molecular formula is C22H24BrN3O. The highest BCUT2D eigenvalue weighted by Gasteiger charge is 2.22. The van der Waals surface area contributed by atoms with Crippen LogP contribution in [0.2, 0.25) is 0 Å². The van der Waals surface area contributed by atoms with Crippen LogP contribution in [0.4, 0.5) is 5.82 Å². The number of halogens is 1. The fourth-order valence-electron chi connectivity index (χ4n) is 2.78. The van der Waals surface area contributed by atoms with Crippen LogP contribution in [0, 0.1) is 13.8 Å². The lowest BCUT2D eigenvalue weighted by Gasteiger charge is -2.15. The highest BCUT2D eigenvalue weighted by molar-refractivity contribution is 9.10. The van der Waals surface area contributed by atoms with Gasteiger partial charge >= 0.3 is 0 Å². The number of nitrogens with one attached hydrogen (secondary N) is 1. The number of carbonyl (C=O) groups is 1. The first-order chi connectivity index (χ1) is 12.7. The van der Waals surface area contributed by atoms with Crippen LogP contribution >= 0.6 is 15.9 Å². The van der Waals surface area contributed by atoms with Gasteiger partial charge in [-0.3, -0.25) is 4.79 Å². The molecule has 1 amide bonds. The van der Waals surface area contributed by atoms with Crippen LogP contribution in [0.15, 0.2) is 53.0 Å². The van der Waals surface area contributed by atoms with Crippen LogP contribution in [-0.4, -0.2) is 15.7 Å². The summed E-state index contributed by atoms with van der Waals surface area (Å²) >= 11 is 3.40. The Hall–Kier alpha value is -2.40. The number of aromatic nitrogens is 2. The van der Waals surface area contributed by atoms with E-state index in [1.54, 1.807) is 12.1 Å². The summed E-state index contributed by atoms with van der Waals surface area (Å²) in [4.78, 5) is 12.8. The van der Waals surface area contributed by atoms with E-state index in [-0.39, 0.29) is 11.3 Å². The normalized spacial score (nSPS) is 11.5. The lowest BCUT2D eigenvalue weighted by molar-refractivity contribution is 0.102. The number of rotatable bonds is 3. The van der Waals surface area contributed by atoms with E-state index < -0.39 is 0 Å². The quantitative estimate of drug-likeness (QED) is 0.575. The van der Waals surface area contributed by atoms with Crippen molar-refractivity contribution < 1.29 is 4.79 Å². The molecule has 0 bridgehead atoms. The summed E-state index contributed by atoms with van der Waals surface area (Å²) < 4.78 is 2.77. The zero-order valence-electron chi connectivity index (χ0n) is 16.3. The van der Waals surface area contributed by atoms with Gasteiger partial charge in [0.15, 0.2) is 0 Å². The van der Waals surface area contributed by atoms with Crippen molar-refractivity contribution in [1.82, 2.24) is 9.78 Å². The molecule has 140 valence electrons. The summed E-state index contributed by atoms with van der Waals surface area (Å²) in [6.07, 6.45) is 0. The molecule has 0 saturated heterocycles. The monoisotopic (exact) mass is 425 g/mol. The minimum atomic E-state index is -0.158. The largest absolute Gasteiger partial charge is 0.306 e. The molecule has 0 atom stereocenters. The molecule has 0 unspecified atom stereocenters. The highest BCUT2D eigenvalue weighted by Crippen LogP contribution is 2.28. The molecule has 1 heterocycles. The van der Waals surface area contributed by atoms with Crippen LogP contribution in [0.5, 0.6) is 0 Å². The summed E-state index contributed by atoms with van der Waals surface area (Å²) in [5.41, 5.74) is 4.70. The van der Waals surface area contributed by atoms with Crippen molar-refractivity contribution >= 4 is 27.7 Å². The van der Waals surface area contributed by atoms with Gasteiger partial charge in [-0.15, -0.1) is 0 Å². The minimum absolute atomic E-state index is 0.125. The van der Waals surface area contributed by atoms with Crippen molar-refractivity contribution in [2.24, 2.45) is 0 Å². The van der Waals surface area contributed by atoms with Crippen molar-refractivity contribution in [3.05, 3.63) is 75.4 Å². The Morgan fingerprint density at radius 1 is 1.07 bits per heavy atom. The smallest absolute Gasteiger partial charge is 0.256 e. The van der Waals surface area contributed by atoms with Crippen LogP contribution in [0.3, 0.4) is 0 Å². The third-order valence-corrected chi connectivity index (χ3v) is 5.16. The molecule has 0 aliphatic carbocycles. The molecule has 0 aliphatic rings. The second-order valence-electron chi connectivity index (χ2n) is 7.76. The van der Waals surface area contributed by atoms with Gasteiger partial charge in [0.1, 0.15) is 5.82 Å². The number of amides is 1. The van der Waals surface area contributed by atoms with Crippen molar-refractivity contribution in [2.45, 2.75) is 40.0 Å². The van der Waals surface area contributed by atoms with Gasteiger partial charge < -0.3 is 5.32 Å². The lowest BCUT2D eigenvalue weighted by Crippen LogP contribution is -2.15. The van der Waals surface area contributed by atoms with E-state index in [2.05, 4.69) is 61.9 Å². The molecule has 0 radical (unpaired) electrons. The van der Waals surface area contributed by atoms with E-state index >= 15 is 0 Å². The molecule has 0 saturated carbocycles. The SMILES string of the molecule is Cc1cccc(-n2nc(C(C)(C)C)cc2NC(=O)c2ccc(Br)cc2)c1C. The maximum absolute atomic E-state index is 12.8. The number of carbonyl (C=O) groups excluding carboxylic acids is 1. The third kappa shape index (κ3) is 4.14. The Morgan fingerprint density at radius 2 is 1.74 bits per heavy atom. The van der Waals surface area contributed by atoms with E-state index in [1.807, 2.05) is 35.0 Å². The van der Waals surface area contributed by atoms with E-state index in [4.69, 9.17) is 5.10 Å². The first-order valence-corrected chi connectivity index (χ1v) is 9.70. The van der Waals surface area contributed by atoms with Gasteiger partial charge in [0.25, 0.3) is 5.91 Å². The molecule has 1 aromatic heterocycles. The molecule has 3 rings (SSSR count). The van der Waals surface area contributed by atoms with Crippen LogP contribution in [0.25, 0.3) is 5.69 Å². The summed E-state index contributed by atoms with van der Waals surface area (Å²) in [5.74, 6) is 0.510. The predicted octanol–water partition coefficient (Wildman–Crippen LogP) is 5.80. The fourth-order valence-corrected chi connectivity index (χ4v) is 3.04. The average molecular weight is 426 g/mol. The zero-order chi connectivity index (χ0) is 19.8. The molecule has 2 aromatic carbocycles. The van der Waals surface area contributed by atoms with Crippen molar-refractivity contribution in [3.8, 4) is 5.69 Å². The second-order valence-corrected chi connectivity index (χ2v) is 8.67. The highest BCUT2D eigenvalue weighted by atomic mass is 79.9. The van der Waals surface area contributed by atoms with Gasteiger partial charge in [0.05, 0.1) is 11.4 Å². The first kappa shape index (κ1) is 19.4. The Labute approximate surface area is 168 Å². The van der Waals surface area contributed by atoms with E-state index in [0.717, 1.165) is 21.4 Å². The molecule has 0 aliphatic heterocycles. The fraction of sp³-hybridized carbons (Fsp3) is 0.273. The van der Waals surface area contributed by atoms with Crippen molar-refractivity contribution in [1.29, 1.82) is 0 Å². The van der Waals surface area contributed by atoms with Gasteiger partial charge in [0.2, 0.25) is 0 Å². The van der Waals surface area contributed by atoms with E-state index in [1.165, 1.54) is 5.56 Å². The molecule has 3 aromatic rings. The van der Waals surface area contributed by atoms with Gasteiger partial charge in [-0.05, 0) is 55.3 Å². The summed E-state index contributed by atoms with van der Waals surface area (Å²) in [7, 11) is 0. The van der Waals surface area contributed by atoms with E-state index in [9.17, 15) is 4.79 Å². The molecular weight excluding hydrogens is 402 g/mol. The summed E-state index contributed by atoms with van der Waals surface area (Å²) in [6.45, 7) is 10.5. The standard InChI is InChI=1S/C22H24BrN3O/c1-14-7-6-8-18(15(14)2)26-20(13-19(25-26)22(3,4)5)24-21(27)16-9-11-17(23)12-10-16/h6-13H,1-5H3,(H,24,27). The van der Waals surface area contributed by atoms with Gasteiger partial charge in [-0.25, -0.2) is 4.68 Å². The van der Waals surface area contributed by atoms with Crippen molar-refractivity contribution in [2.75, 3.05) is 5.32 Å². The molecule has 0 spiro atoms. The lowest BCUT2D eigenvalue weighted by atomic mass is 9.92. The van der Waals surface area contributed by atoms with Crippen LogP contribution in [0.1, 0.15) is 48.0 Å². The summed E-state index contributed by atoms with van der Waals surface area (Å²) in [6, 6.07) is 15.4. The maximum Gasteiger partial charge on any atom is 0.256 e.